The number of fused-ring (bicyclic) bond motifs is 1. The summed E-state index contributed by atoms with van der Waals surface area (Å²) in [5, 5.41) is 20.5. The zero-order valence-corrected chi connectivity index (χ0v) is 16.8. The van der Waals surface area contributed by atoms with Gasteiger partial charge in [0.15, 0.2) is 0 Å². The maximum absolute atomic E-state index is 9.67. The van der Waals surface area contributed by atoms with Gasteiger partial charge in [-0.3, -0.25) is 0 Å². The number of nitrogens with two attached hydrogens (primary N) is 2. The zero-order chi connectivity index (χ0) is 22.8. The summed E-state index contributed by atoms with van der Waals surface area (Å²) < 4.78 is 12.1. The van der Waals surface area contributed by atoms with Crippen LogP contribution in [0, 0.1) is 24.7 Å². The number of anilines is 2. The molecule has 4 aromatic carbocycles. The smallest absolute Gasteiger partial charge is 0.138 e. The first-order valence-corrected chi connectivity index (χ1v) is 9.47. The first-order chi connectivity index (χ1) is 15.4. The van der Waals surface area contributed by atoms with Crippen molar-refractivity contribution >= 4 is 22.1 Å². The molecule has 0 spiro atoms. The number of nitrogen functional groups attached to an aromatic ring is 2. The fourth-order valence-electron chi connectivity index (χ4n) is 3.29. The number of benzene rings is 4. The summed E-state index contributed by atoms with van der Waals surface area (Å²) in [5.74, 6) is 6.92. The lowest BCUT2D eigenvalue weighted by atomic mass is 9.98. The van der Waals surface area contributed by atoms with E-state index < -0.39 is 0 Å². The molecule has 6 heteroatoms. The molecule has 6 nitrogen and oxygen atoms in total. The van der Waals surface area contributed by atoms with Crippen molar-refractivity contribution in [2.75, 3.05) is 11.5 Å². The average Bonchev–Trinajstić information content (AvgIpc) is 2.79. The molecule has 0 atom stereocenters. The monoisotopic (exact) mass is 422 g/mol. The Morgan fingerprint density at radius 2 is 1.03 bits per heavy atom. The molecular weight excluding hydrogens is 404 g/mol. The third-order valence-electron chi connectivity index (χ3n) is 4.85. The van der Waals surface area contributed by atoms with Crippen LogP contribution in [0.4, 0.5) is 11.4 Å². The van der Waals surface area contributed by atoms with E-state index in [9.17, 15) is 10.2 Å². The SMILES string of the molecule is C#Cc1ccc(Oc2ccc(O)c(N)c2)c2c(C#C)ccc(Oc3ccc(O)c(N)c3)c12. The predicted octanol–water partition coefficient (Wildman–Crippen LogP) is 4.96. The molecule has 4 aromatic rings. The zero-order valence-electron chi connectivity index (χ0n) is 16.8. The molecule has 0 radical (unpaired) electrons. The molecule has 4 rings (SSSR count). The van der Waals surface area contributed by atoms with Gasteiger partial charge in [0.25, 0.3) is 0 Å². The average molecular weight is 422 g/mol. The van der Waals surface area contributed by atoms with E-state index in [1.54, 1.807) is 36.4 Å². The van der Waals surface area contributed by atoms with E-state index in [0.29, 0.717) is 44.9 Å². The number of ether oxygens (including phenoxy) is 2. The Labute approximate surface area is 184 Å². The van der Waals surface area contributed by atoms with Crippen LogP contribution in [0.15, 0.2) is 60.7 Å². The van der Waals surface area contributed by atoms with Crippen molar-refractivity contribution in [2.45, 2.75) is 0 Å². The Bertz CT molecular complexity index is 1330. The molecule has 0 aliphatic rings. The molecule has 0 fully saturated rings. The Kier molecular flexibility index (Phi) is 5.12. The molecule has 0 unspecified atom stereocenters. The second-order valence-electron chi connectivity index (χ2n) is 6.91. The van der Waals surface area contributed by atoms with Crippen molar-refractivity contribution in [3.8, 4) is 59.2 Å². The van der Waals surface area contributed by atoms with Gasteiger partial charge in [0, 0.05) is 34.0 Å². The highest BCUT2D eigenvalue weighted by Gasteiger charge is 2.17. The molecule has 0 amide bonds. The minimum atomic E-state index is -0.0435. The van der Waals surface area contributed by atoms with Crippen molar-refractivity contribution in [3.05, 3.63) is 71.8 Å². The van der Waals surface area contributed by atoms with E-state index in [0.717, 1.165) is 0 Å². The summed E-state index contributed by atoms with van der Waals surface area (Å²) in [7, 11) is 0. The lowest BCUT2D eigenvalue weighted by molar-refractivity contribution is 0.467. The quantitative estimate of drug-likeness (QED) is 0.210. The topological polar surface area (TPSA) is 111 Å². The minimum Gasteiger partial charge on any atom is -0.506 e. The van der Waals surface area contributed by atoms with Crippen molar-refractivity contribution < 1.29 is 19.7 Å². The maximum Gasteiger partial charge on any atom is 0.138 e. The highest BCUT2D eigenvalue weighted by molar-refractivity contribution is 6.01. The van der Waals surface area contributed by atoms with Gasteiger partial charge in [0.2, 0.25) is 0 Å². The van der Waals surface area contributed by atoms with Crippen molar-refractivity contribution in [1.29, 1.82) is 0 Å². The molecule has 0 saturated carbocycles. The molecule has 0 aromatic heterocycles. The lowest BCUT2D eigenvalue weighted by Crippen LogP contribution is -1.95. The number of aromatic hydroxyl groups is 2. The van der Waals surface area contributed by atoms with Gasteiger partial charge < -0.3 is 31.2 Å². The first kappa shape index (κ1) is 20.3. The number of phenols is 2. The van der Waals surface area contributed by atoms with Crippen LogP contribution in [-0.2, 0) is 0 Å². The normalized spacial score (nSPS) is 10.3. The van der Waals surface area contributed by atoms with E-state index in [2.05, 4.69) is 11.8 Å². The first-order valence-electron chi connectivity index (χ1n) is 9.47. The van der Waals surface area contributed by atoms with Gasteiger partial charge in [0.1, 0.15) is 34.5 Å². The van der Waals surface area contributed by atoms with Gasteiger partial charge >= 0.3 is 0 Å². The fraction of sp³-hybridized carbons (Fsp3) is 0. The van der Waals surface area contributed by atoms with Crippen LogP contribution in [0.3, 0.4) is 0 Å². The van der Waals surface area contributed by atoms with Gasteiger partial charge in [-0.25, -0.2) is 0 Å². The summed E-state index contributed by atoms with van der Waals surface area (Å²) in [6.45, 7) is 0. The Hall–Kier alpha value is -4.94. The van der Waals surface area contributed by atoms with Crippen LogP contribution in [-0.4, -0.2) is 10.2 Å². The fourth-order valence-corrected chi connectivity index (χ4v) is 3.29. The highest BCUT2D eigenvalue weighted by atomic mass is 16.5. The number of terminal acetylenes is 2. The number of hydrogen-bond donors (Lipinski definition) is 4. The molecular formula is C26H18N2O4. The molecule has 6 N–H and O–H groups in total. The van der Waals surface area contributed by atoms with Crippen LogP contribution in [0.1, 0.15) is 11.1 Å². The van der Waals surface area contributed by atoms with Gasteiger partial charge in [-0.1, -0.05) is 11.8 Å². The van der Waals surface area contributed by atoms with E-state index in [1.807, 2.05) is 0 Å². The third-order valence-corrected chi connectivity index (χ3v) is 4.85. The third kappa shape index (κ3) is 3.65. The molecule has 0 saturated heterocycles. The lowest BCUT2D eigenvalue weighted by Gasteiger charge is -2.16. The van der Waals surface area contributed by atoms with Crippen LogP contribution in [0.25, 0.3) is 10.8 Å². The standard InChI is InChI=1S/C26H18N2O4/c1-3-15-5-11-24(32-18-8-10-22(30)20(28)14-18)26-16(4-2)6-12-23(25(15)26)31-17-7-9-21(29)19(27)13-17/h1-2,5-14,29-30H,27-28H2. The molecule has 0 aliphatic carbocycles. The largest absolute Gasteiger partial charge is 0.506 e. The number of rotatable bonds is 4. The Morgan fingerprint density at radius 1 is 0.625 bits per heavy atom. The van der Waals surface area contributed by atoms with Gasteiger partial charge in [-0.05, 0) is 48.5 Å². The van der Waals surface area contributed by atoms with Crippen LogP contribution in [0.5, 0.6) is 34.5 Å². The summed E-state index contributed by atoms with van der Waals surface area (Å²) in [6.07, 6.45) is 11.5. The van der Waals surface area contributed by atoms with Crippen LogP contribution >= 0.6 is 0 Å². The van der Waals surface area contributed by atoms with E-state index in [4.69, 9.17) is 33.8 Å². The van der Waals surface area contributed by atoms with E-state index >= 15 is 0 Å². The van der Waals surface area contributed by atoms with E-state index in [1.165, 1.54) is 24.3 Å². The van der Waals surface area contributed by atoms with Gasteiger partial charge in [0.05, 0.1) is 11.4 Å². The summed E-state index contributed by atoms with van der Waals surface area (Å²) >= 11 is 0. The Balaban J connectivity index is 1.90. The number of hydrogen-bond acceptors (Lipinski definition) is 6. The van der Waals surface area contributed by atoms with Crippen molar-refractivity contribution in [3.63, 3.8) is 0 Å². The number of phenolic OH excluding ortho intramolecular Hbond substituents is 2. The van der Waals surface area contributed by atoms with Crippen molar-refractivity contribution in [2.24, 2.45) is 0 Å². The second-order valence-corrected chi connectivity index (χ2v) is 6.91. The summed E-state index contributed by atoms with van der Waals surface area (Å²) in [5.41, 5.74) is 13.0. The second kappa shape index (κ2) is 8.06. The molecule has 0 bridgehead atoms. The van der Waals surface area contributed by atoms with Gasteiger partial charge in [-0.2, -0.15) is 0 Å². The van der Waals surface area contributed by atoms with Crippen LogP contribution < -0.4 is 20.9 Å². The minimum absolute atomic E-state index is 0.0435. The highest BCUT2D eigenvalue weighted by Crippen LogP contribution is 2.41. The van der Waals surface area contributed by atoms with Crippen LogP contribution in [0.2, 0.25) is 0 Å². The van der Waals surface area contributed by atoms with Crippen molar-refractivity contribution in [1.82, 2.24) is 0 Å². The van der Waals surface area contributed by atoms with Gasteiger partial charge in [-0.15, -0.1) is 12.8 Å². The Morgan fingerprint density at radius 3 is 1.38 bits per heavy atom. The summed E-state index contributed by atoms with van der Waals surface area (Å²) in [6, 6.07) is 15.9. The maximum atomic E-state index is 9.67. The summed E-state index contributed by atoms with van der Waals surface area (Å²) in [4.78, 5) is 0. The molecule has 32 heavy (non-hydrogen) atoms. The van der Waals surface area contributed by atoms with E-state index in [-0.39, 0.29) is 22.9 Å². The molecule has 156 valence electrons. The predicted molar refractivity (Wildman–Crippen MR) is 125 cm³/mol. The molecule has 0 heterocycles. The molecule has 0 aliphatic heterocycles.